The normalized spacial score (nSPS) is 11.2. The molecule has 0 bridgehead atoms. The predicted octanol–water partition coefficient (Wildman–Crippen LogP) is -1.71. The zero-order valence-corrected chi connectivity index (χ0v) is 5.74. The Kier molecular flexibility index (Phi) is 3.20. The van der Waals surface area contributed by atoms with Crippen LogP contribution in [0.4, 0.5) is 0 Å². The molecule has 0 fully saturated rings. The lowest BCUT2D eigenvalue weighted by atomic mass is 10.4. The van der Waals surface area contributed by atoms with Gasteiger partial charge in [-0.25, -0.2) is 10.9 Å². The molecule has 10 heavy (non-hydrogen) atoms. The van der Waals surface area contributed by atoms with Gasteiger partial charge in [0, 0.05) is 6.42 Å². The van der Waals surface area contributed by atoms with E-state index in [1.54, 1.807) is 6.92 Å². The Morgan fingerprint density at radius 3 is 2.50 bits per heavy atom. The average Bonchev–Trinajstić information content (AvgIpc) is 2.00. The monoisotopic (exact) mass is 145 g/mol. The predicted molar refractivity (Wildman–Crippen MR) is 37.1 cm³/mol. The first-order valence-electron chi connectivity index (χ1n) is 2.74. The smallest absolute Gasteiger partial charge is 0.243 e. The molecule has 0 aromatic carbocycles. The lowest BCUT2D eigenvalue weighted by molar-refractivity contribution is -0.127. The number of amides is 1. The molecule has 58 valence electrons. The van der Waals surface area contributed by atoms with E-state index in [1.165, 1.54) is 0 Å². The number of guanidine groups is 1. The van der Waals surface area contributed by atoms with Crippen LogP contribution in [0.5, 0.6) is 0 Å². The molecule has 0 unspecified atom stereocenters. The summed E-state index contributed by atoms with van der Waals surface area (Å²) < 4.78 is 0. The third kappa shape index (κ3) is 1.90. The van der Waals surface area contributed by atoms with Gasteiger partial charge < -0.3 is 11.6 Å². The molecule has 0 saturated carbocycles. The minimum absolute atomic E-state index is 0.188. The molecule has 0 saturated heterocycles. The highest BCUT2D eigenvalue weighted by Gasteiger charge is 2.09. The van der Waals surface area contributed by atoms with Crippen molar-refractivity contribution in [2.75, 3.05) is 0 Å². The second-order valence-corrected chi connectivity index (χ2v) is 1.60. The van der Waals surface area contributed by atoms with Gasteiger partial charge in [-0.2, -0.15) is 0 Å². The van der Waals surface area contributed by atoms with E-state index in [-0.39, 0.29) is 18.3 Å². The van der Waals surface area contributed by atoms with Crippen molar-refractivity contribution < 1.29 is 4.79 Å². The van der Waals surface area contributed by atoms with Crippen LogP contribution in [0.2, 0.25) is 0 Å². The summed E-state index contributed by atoms with van der Waals surface area (Å²) in [5.74, 6) is 9.37. The highest BCUT2D eigenvalue weighted by molar-refractivity contribution is 5.95. The summed E-state index contributed by atoms with van der Waals surface area (Å²) in [6.45, 7) is 1.66. The highest BCUT2D eigenvalue weighted by atomic mass is 16.2. The van der Waals surface area contributed by atoms with Gasteiger partial charge in [-0.15, -0.1) is 5.10 Å². The standard InChI is InChI=1S/C4H11N5O/c1-2-3(10)9(7)4(5)8-6/h2,6-7H2,1H3,(H2,5,8). The van der Waals surface area contributed by atoms with Gasteiger partial charge in [-0.1, -0.05) is 6.92 Å². The van der Waals surface area contributed by atoms with Gasteiger partial charge in [0.25, 0.3) is 0 Å². The molecule has 0 radical (unpaired) electrons. The Morgan fingerprint density at radius 2 is 2.20 bits per heavy atom. The molecule has 0 heterocycles. The van der Waals surface area contributed by atoms with Crippen LogP contribution < -0.4 is 17.4 Å². The molecule has 6 N–H and O–H groups in total. The molecule has 1 amide bonds. The minimum Gasteiger partial charge on any atom is -0.367 e. The fourth-order valence-corrected chi connectivity index (χ4v) is 0.360. The maximum Gasteiger partial charge on any atom is 0.243 e. The summed E-state index contributed by atoms with van der Waals surface area (Å²) in [6.07, 6.45) is 0.271. The molecule has 0 aliphatic rings. The van der Waals surface area contributed by atoms with Gasteiger partial charge in [0.1, 0.15) is 0 Å². The zero-order valence-electron chi connectivity index (χ0n) is 5.74. The molecule has 0 spiro atoms. The lowest BCUT2D eigenvalue weighted by Gasteiger charge is -2.12. The third-order valence-electron chi connectivity index (χ3n) is 0.950. The quantitative estimate of drug-likeness (QED) is 0.134. The summed E-state index contributed by atoms with van der Waals surface area (Å²) in [4.78, 5) is 10.7. The van der Waals surface area contributed by atoms with E-state index >= 15 is 0 Å². The van der Waals surface area contributed by atoms with Gasteiger partial charge in [0.05, 0.1) is 0 Å². The molecule has 0 atom stereocenters. The molecule has 0 aromatic rings. The molecule has 0 rings (SSSR count). The van der Waals surface area contributed by atoms with Gasteiger partial charge in [-0.05, 0) is 0 Å². The average molecular weight is 145 g/mol. The number of hydrazone groups is 1. The van der Waals surface area contributed by atoms with Crippen LogP contribution >= 0.6 is 0 Å². The molecule has 6 nitrogen and oxygen atoms in total. The maximum absolute atomic E-state index is 10.7. The number of hydrogen-bond acceptors (Lipinski definition) is 4. The number of nitrogens with two attached hydrogens (primary N) is 3. The number of rotatable bonds is 1. The van der Waals surface area contributed by atoms with Gasteiger partial charge in [0.15, 0.2) is 0 Å². The van der Waals surface area contributed by atoms with E-state index in [2.05, 4.69) is 5.10 Å². The highest BCUT2D eigenvalue weighted by Crippen LogP contribution is 1.83. The molecular weight excluding hydrogens is 134 g/mol. The Bertz CT molecular complexity index is 154. The zero-order chi connectivity index (χ0) is 8.15. The Labute approximate surface area is 58.6 Å². The van der Waals surface area contributed by atoms with Crippen molar-refractivity contribution >= 4 is 11.9 Å². The molecule has 6 heteroatoms. The topological polar surface area (TPSA) is 111 Å². The van der Waals surface area contributed by atoms with Crippen LogP contribution in [-0.4, -0.2) is 16.9 Å². The summed E-state index contributed by atoms with van der Waals surface area (Å²) in [5, 5.41) is 3.74. The van der Waals surface area contributed by atoms with Crippen molar-refractivity contribution in [2.24, 2.45) is 22.5 Å². The van der Waals surface area contributed by atoms with E-state index in [0.29, 0.717) is 5.01 Å². The van der Waals surface area contributed by atoms with Crippen molar-refractivity contribution in [1.82, 2.24) is 5.01 Å². The Morgan fingerprint density at radius 1 is 1.70 bits per heavy atom. The number of carbonyl (C=O) groups excluding carboxylic acids is 1. The van der Waals surface area contributed by atoms with Crippen molar-refractivity contribution in [2.45, 2.75) is 13.3 Å². The first-order valence-corrected chi connectivity index (χ1v) is 2.74. The summed E-state index contributed by atoms with van der Waals surface area (Å²) in [6, 6.07) is 0. The van der Waals surface area contributed by atoms with Crippen LogP contribution in [0.15, 0.2) is 5.10 Å². The van der Waals surface area contributed by atoms with E-state index < -0.39 is 0 Å². The SMILES string of the molecule is CCC(=O)N(N)/C(N)=N\N. The van der Waals surface area contributed by atoms with Crippen LogP contribution in [0.1, 0.15) is 13.3 Å². The van der Waals surface area contributed by atoms with E-state index in [9.17, 15) is 4.79 Å². The fraction of sp³-hybridized carbons (Fsp3) is 0.500. The van der Waals surface area contributed by atoms with E-state index in [0.717, 1.165) is 0 Å². The lowest BCUT2D eigenvalue weighted by Crippen LogP contribution is -2.47. The van der Waals surface area contributed by atoms with Crippen LogP contribution in [0.25, 0.3) is 0 Å². The van der Waals surface area contributed by atoms with Crippen molar-refractivity contribution in [3.05, 3.63) is 0 Å². The van der Waals surface area contributed by atoms with Gasteiger partial charge in [-0.3, -0.25) is 4.79 Å². The van der Waals surface area contributed by atoms with Crippen LogP contribution in [0, 0.1) is 0 Å². The first-order chi connectivity index (χ1) is 4.63. The van der Waals surface area contributed by atoms with Crippen LogP contribution in [-0.2, 0) is 4.79 Å². The maximum atomic E-state index is 10.7. The van der Waals surface area contributed by atoms with Gasteiger partial charge >= 0.3 is 0 Å². The largest absolute Gasteiger partial charge is 0.367 e. The van der Waals surface area contributed by atoms with E-state index in [4.69, 9.17) is 17.4 Å². The Balaban J connectivity index is 4.08. The van der Waals surface area contributed by atoms with Crippen molar-refractivity contribution in [1.29, 1.82) is 0 Å². The number of hydrogen-bond donors (Lipinski definition) is 3. The molecular formula is C4H11N5O. The first kappa shape index (κ1) is 8.70. The summed E-state index contributed by atoms with van der Waals surface area (Å²) in [5.41, 5.74) is 5.10. The minimum atomic E-state index is -0.327. The number of carbonyl (C=O) groups is 1. The number of nitrogens with zero attached hydrogens (tertiary/aromatic N) is 2. The van der Waals surface area contributed by atoms with E-state index in [1.807, 2.05) is 0 Å². The summed E-state index contributed by atoms with van der Waals surface area (Å²) in [7, 11) is 0. The van der Waals surface area contributed by atoms with Gasteiger partial charge in [0.2, 0.25) is 11.9 Å². The second-order valence-electron chi connectivity index (χ2n) is 1.60. The van der Waals surface area contributed by atoms with Crippen molar-refractivity contribution in [3.8, 4) is 0 Å². The third-order valence-corrected chi connectivity index (χ3v) is 0.950. The fourth-order valence-electron chi connectivity index (χ4n) is 0.360. The summed E-state index contributed by atoms with van der Waals surface area (Å²) >= 11 is 0. The molecule has 0 aliphatic heterocycles. The van der Waals surface area contributed by atoms with Crippen molar-refractivity contribution in [3.63, 3.8) is 0 Å². The Hall–Kier alpha value is -1.30. The molecule has 0 aliphatic carbocycles. The second kappa shape index (κ2) is 3.67. The number of hydrazine groups is 1. The molecule has 0 aromatic heterocycles. The van der Waals surface area contributed by atoms with Crippen LogP contribution in [0.3, 0.4) is 0 Å².